The zero-order chi connectivity index (χ0) is 28.7. The first-order valence-electron chi connectivity index (χ1n) is 11.6. The van der Waals surface area contributed by atoms with E-state index in [0.717, 1.165) is 11.3 Å². The third-order valence-corrected chi connectivity index (χ3v) is 5.73. The fraction of sp³-hybridized carbons (Fsp3) is 0.280. The number of aromatic amines is 1. The molecule has 14 heteroatoms. The van der Waals surface area contributed by atoms with Crippen LogP contribution in [0, 0.1) is 0 Å². The minimum absolute atomic E-state index is 0.122. The van der Waals surface area contributed by atoms with Crippen molar-refractivity contribution in [2.75, 3.05) is 12.3 Å². The number of aromatic nitrogens is 2. The van der Waals surface area contributed by atoms with Crippen molar-refractivity contribution in [1.82, 2.24) is 20.2 Å². The predicted molar refractivity (Wildman–Crippen MR) is 140 cm³/mol. The van der Waals surface area contributed by atoms with E-state index in [9.17, 15) is 22.8 Å². The Morgan fingerprint density at radius 1 is 1.31 bits per heavy atom. The number of anilines is 1. The Morgan fingerprint density at radius 3 is 2.64 bits per heavy atom. The average Bonchev–Trinajstić information content (AvgIpc) is 3.27. The number of hydrogen-bond acceptors (Lipinski definition) is 7. The van der Waals surface area contributed by atoms with E-state index in [2.05, 4.69) is 25.0 Å². The molecular weight excluding hydrogens is 541 g/mol. The zero-order valence-corrected chi connectivity index (χ0v) is 21.6. The summed E-state index contributed by atoms with van der Waals surface area (Å²) in [6.07, 6.45) is -1.36. The monoisotopic (exact) mass is 566 g/mol. The van der Waals surface area contributed by atoms with E-state index < -0.39 is 31.1 Å². The van der Waals surface area contributed by atoms with Crippen molar-refractivity contribution in [2.24, 2.45) is 4.99 Å². The largest absolute Gasteiger partial charge is 0.477 e. The number of aliphatic carboxylic acids is 1. The Labute approximate surface area is 226 Å². The van der Waals surface area contributed by atoms with Gasteiger partial charge in [0.25, 0.3) is 0 Å². The summed E-state index contributed by atoms with van der Waals surface area (Å²) >= 11 is 5.98. The number of hydrogen-bond donors (Lipinski definition) is 4. The number of carboxylic acid groups (broad SMARTS) is 1. The highest BCUT2D eigenvalue weighted by molar-refractivity contribution is 6.40. The summed E-state index contributed by atoms with van der Waals surface area (Å²) in [4.78, 5) is 35.4. The second kappa shape index (κ2) is 12.5. The van der Waals surface area contributed by atoms with Crippen LogP contribution in [0.15, 0.2) is 59.9 Å². The number of amides is 1. The van der Waals surface area contributed by atoms with E-state index >= 15 is 0 Å². The van der Waals surface area contributed by atoms with E-state index in [0.29, 0.717) is 5.56 Å². The molecule has 0 bridgehead atoms. The first kappa shape index (κ1) is 29.3. The van der Waals surface area contributed by atoms with Crippen LogP contribution in [-0.4, -0.2) is 56.6 Å². The van der Waals surface area contributed by atoms with Gasteiger partial charge in [-0.25, -0.2) is 14.8 Å². The molecule has 1 aliphatic heterocycles. The molecule has 5 N–H and O–H groups in total. The second-order valence-electron chi connectivity index (χ2n) is 8.32. The molecular formula is C25H26ClF3N6O4. The number of pyridine rings is 1. The molecule has 0 radical (unpaired) electrons. The molecule has 4 rings (SSSR count). The molecule has 208 valence electrons. The number of carbonyl (C=O) groups excluding carboxylic acids is 1. The number of alkyl halides is 3. The lowest BCUT2D eigenvalue weighted by atomic mass is 10.1. The lowest BCUT2D eigenvalue weighted by Gasteiger charge is -2.35. The van der Waals surface area contributed by atoms with Crippen molar-refractivity contribution in [2.45, 2.75) is 38.8 Å². The molecule has 2 atom stereocenters. The van der Waals surface area contributed by atoms with Gasteiger partial charge in [0.05, 0.1) is 6.04 Å². The molecule has 39 heavy (non-hydrogen) atoms. The number of H-pyrrole nitrogens is 1. The van der Waals surface area contributed by atoms with Crippen molar-refractivity contribution >= 4 is 45.9 Å². The fourth-order valence-corrected chi connectivity index (χ4v) is 3.72. The van der Waals surface area contributed by atoms with E-state index in [1.165, 1.54) is 29.9 Å². The number of nitrogens with zero attached hydrogens (tertiary/aromatic N) is 3. The maximum atomic E-state index is 12.3. The Morgan fingerprint density at radius 2 is 2.03 bits per heavy atom. The number of nitrogen functional groups attached to an aromatic ring is 1. The topological polar surface area (TPSA) is 146 Å². The molecule has 0 saturated carbocycles. The van der Waals surface area contributed by atoms with Gasteiger partial charge in [-0.15, -0.1) is 0 Å². The number of halogens is 4. The Kier molecular flexibility index (Phi) is 9.41. The number of nitrogens with one attached hydrogen (secondary N) is 2. The SMILES string of the molecule is CCC(=O)NC1N=C(C(=O)O)C=CN1C(C)c1cnc(OCC(F)(F)F)c(Cl)c1.Nc1cc2ccccc2[nH]1. The predicted octanol–water partition coefficient (Wildman–Crippen LogP) is 4.65. The molecule has 3 heterocycles. The summed E-state index contributed by atoms with van der Waals surface area (Å²) in [5.41, 5.74) is 6.89. The number of aliphatic imine (C=N–C) groups is 1. The smallest absolute Gasteiger partial charge is 0.422 e. The number of fused-ring (bicyclic) bond motifs is 1. The van der Waals surface area contributed by atoms with Crippen molar-refractivity contribution < 1.29 is 32.6 Å². The number of benzene rings is 1. The molecule has 10 nitrogen and oxygen atoms in total. The molecule has 2 aromatic heterocycles. The van der Waals surface area contributed by atoms with Gasteiger partial charge in [-0.2, -0.15) is 13.2 Å². The van der Waals surface area contributed by atoms with Crippen LogP contribution >= 0.6 is 11.6 Å². The maximum Gasteiger partial charge on any atom is 0.422 e. The molecule has 1 aromatic carbocycles. The van der Waals surface area contributed by atoms with Crippen molar-refractivity contribution in [3.05, 3.63) is 65.5 Å². The summed E-state index contributed by atoms with van der Waals surface area (Å²) in [7, 11) is 0. The highest BCUT2D eigenvalue weighted by Gasteiger charge is 2.30. The Bertz CT molecular complexity index is 1360. The molecule has 2 unspecified atom stereocenters. The highest BCUT2D eigenvalue weighted by atomic mass is 35.5. The van der Waals surface area contributed by atoms with Gasteiger partial charge in [0.1, 0.15) is 16.6 Å². The number of rotatable bonds is 7. The van der Waals surface area contributed by atoms with Gasteiger partial charge in [0.2, 0.25) is 11.8 Å². The number of nitrogens with two attached hydrogens (primary N) is 1. The number of carbonyl (C=O) groups is 2. The standard InChI is InChI=1S/C17H18ClF3N4O4.C8H8N2/c1-3-13(26)24-16-23-12(15(27)28)4-5-25(16)9(2)10-6-11(18)14(22-7-10)29-8-17(19,20)21;9-8-5-6-3-1-2-4-7(6)10-8/h4-7,9,16H,3,8H2,1-2H3,(H,24,26)(H,27,28);1-5,10H,9H2. The lowest BCUT2D eigenvalue weighted by molar-refractivity contribution is -0.154. The van der Waals surface area contributed by atoms with E-state index in [4.69, 9.17) is 22.4 Å². The van der Waals surface area contributed by atoms with Gasteiger partial charge in [-0.05, 0) is 36.8 Å². The van der Waals surface area contributed by atoms with Gasteiger partial charge >= 0.3 is 12.1 Å². The molecule has 1 aliphatic rings. The van der Waals surface area contributed by atoms with Crippen LogP contribution in [0.4, 0.5) is 19.0 Å². The van der Waals surface area contributed by atoms with Crippen LogP contribution < -0.4 is 15.8 Å². The van der Waals surface area contributed by atoms with Crippen LogP contribution in [-0.2, 0) is 9.59 Å². The third kappa shape index (κ3) is 8.11. The lowest BCUT2D eigenvalue weighted by Crippen LogP contribution is -2.47. The van der Waals surface area contributed by atoms with Crippen LogP contribution in [0.25, 0.3) is 10.9 Å². The van der Waals surface area contributed by atoms with Gasteiger partial charge in [0, 0.05) is 29.7 Å². The molecule has 0 spiro atoms. The first-order chi connectivity index (χ1) is 18.4. The normalized spacial score (nSPS) is 15.7. The van der Waals surface area contributed by atoms with E-state index in [1.54, 1.807) is 18.7 Å². The van der Waals surface area contributed by atoms with Crippen LogP contribution in [0.5, 0.6) is 5.88 Å². The van der Waals surface area contributed by atoms with Crippen LogP contribution in [0.2, 0.25) is 5.02 Å². The summed E-state index contributed by atoms with van der Waals surface area (Å²) < 4.78 is 41.4. The zero-order valence-electron chi connectivity index (χ0n) is 20.9. The maximum absolute atomic E-state index is 12.3. The molecule has 0 aliphatic carbocycles. The minimum Gasteiger partial charge on any atom is -0.477 e. The van der Waals surface area contributed by atoms with Crippen LogP contribution in [0.1, 0.15) is 31.9 Å². The van der Waals surface area contributed by atoms with E-state index in [-0.39, 0.29) is 28.9 Å². The fourth-order valence-electron chi connectivity index (χ4n) is 3.49. The molecule has 0 fully saturated rings. The van der Waals surface area contributed by atoms with Crippen LogP contribution in [0.3, 0.4) is 0 Å². The first-order valence-corrected chi connectivity index (χ1v) is 12.0. The summed E-state index contributed by atoms with van der Waals surface area (Å²) in [5, 5.41) is 12.8. The Balaban J connectivity index is 0.000000346. The number of para-hydroxylation sites is 1. The van der Waals surface area contributed by atoms with Crippen molar-refractivity contribution in [3.8, 4) is 5.88 Å². The molecule has 0 saturated heterocycles. The summed E-state index contributed by atoms with van der Waals surface area (Å²) in [5.74, 6) is -1.24. The minimum atomic E-state index is -4.53. The highest BCUT2D eigenvalue weighted by Crippen LogP contribution is 2.30. The summed E-state index contributed by atoms with van der Waals surface area (Å²) in [6.45, 7) is 1.81. The van der Waals surface area contributed by atoms with Gasteiger partial charge < -0.3 is 30.8 Å². The average molecular weight is 567 g/mol. The number of ether oxygens (including phenoxy) is 1. The van der Waals surface area contributed by atoms with Gasteiger partial charge in [-0.1, -0.05) is 36.7 Å². The van der Waals surface area contributed by atoms with Gasteiger partial charge in [0.15, 0.2) is 12.9 Å². The summed E-state index contributed by atoms with van der Waals surface area (Å²) in [6, 6.07) is 10.8. The third-order valence-electron chi connectivity index (χ3n) is 5.46. The quantitative estimate of drug-likeness (QED) is 0.325. The second-order valence-corrected chi connectivity index (χ2v) is 8.73. The van der Waals surface area contributed by atoms with E-state index in [1.807, 2.05) is 30.3 Å². The molecule has 1 amide bonds. The van der Waals surface area contributed by atoms with Crippen molar-refractivity contribution in [3.63, 3.8) is 0 Å². The Hall–Kier alpha value is -4.26. The van der Waals surface area contributed by atoms with Crippen molar-refractivity contribution in [1.29, 1.82) is 0 Å². The number of carboxylic acids is 1. The van der Waals surface area contributed by atoms with Gasteiger partial charge in [-0.3, -0.25) is 4.79 Å². The molecule has 3 aromatic rings.